The maximum Gasteiger partial charge on any atom is 0.317 e. The average molecular weight is 314 g/mol. The molecule has 2 aliphatic heterocycles. The highest BCUT2D eigenvalue weighted by molar-refractivity contribution is 5.74. The summed E-state index contributed by atoms with van der Waals surface area (Å²) in [5.74, 6) is 2.07. The maximum atomic E-state index is 12.3. The first-order valence-corrected chi connectivity index (χ1v) is 8.99. The third-order valence-electron chi connectivity index (χ3n) is 5.62. The van der Waals surface area contributed by atoms with Gasteiger partial charge in [0, 0.05) is 32.8 Å². The van der Waals surface area contributed by atoms with E-state index in [1.165, 1.54) is 24.0 Å². The van der Waals surface area contributed by atoms with Gasteiger partial charge in [-0.1, -0.05) is 24.3 Å². The normalized spacial score (nSPS) is 27.4. The van der Waals surface area contributed by atoms with E-state index in [9.17, 15) is 4.79 Å². The molecule has 4 heteroatoms. The molecule has 2 saturated heterocycles. The second kappa shape index (κ2) is 6.52. The molecule has 0 bridgehead atoms. The third kappa shape index (κ3) is 3.52. The molecule has 0 aromatic heterocycles. The maximum absolute atomic E-state index is 12.3. The minimum Gasteiger partial charge on any atom is -0.381 e. The molecule has 1 N–H and O–H groups in total. The van der Waals surface area contributed by atoms with Gasteiger partial charge >= 0.3 is 6.03 Å². The number of hydrogen-bond acceptors (Lipinski definition) is 2. The predicted octanol–water partition coefficient (Wildman–Crippen LogP) is 3.13. The van der Waals surface area contributed by atoms with Crippen LogP contribution in [-0.2, 0) is 11.3 Å². The zero-order valence-corrected chi connectivity index (χ0v) is 13.7. The molecule has 0 radical (unpaired) electrons. The van der Waals surface area contributed by atoms with Crippen LogP contribution in [0.2, 0.25) is 0 Å². The average Bonchev–Trinajstić information content (AvgIpc) is 3.08. The number of carbonyl (C=O) groups is 1. The van der Waals surface area contributed by atoms with Crippen molar-refractivity contribution in [3.63, 3.8) is 0 Å². The molecule has 4 nitrogen and oxygen atoms in total. The molecule has 1 aromatic rings. The van der Waals surface area contributed by atoms with Crippen LogP contribution in [0.25, 0.3) is 0 Å². The van der Waals surface area contributed by atoms with Gasteiger partial charge in [0.05, 0.1) is 0 Å². The van der Waals surface area contributed by atoms with Crippen LogP contribution in [0.3, 0.4) is 0 Å². The highest BCUT2D eigenvalue weighted by Gasteiger charge is 2.33. The lowest BCUT2D eigenvalue weighted by atomic mass is 9.91. The van der Waals surface area contributed by atoms with E-state index in [-0.39, 0.29) is 6.03 Å². The number of hydrogen-bond donors (Lipinski definition) is 1. The number of ether oxygens (including phenoxy) is 1. The lowest BCUT2D eigenvalue weighted by molar-refractivity contribution is 0.170. The Morgan fingerprint density at radius 2 is 1.96 bits per heavy atom. The summed E-state index contributed by atoms with van der Waals surface area (Å²) in [6, 6.07) is 8.81. The first-order valence-electron chi connectivity index (χ1n) is 8.99. The van der Waals surface area contributed by atoms with Gasteiger partial charge in [-0.3, -0.25) is 0 Å². The Bertz CT molecular complexity index is 547. The predicted molar refractivity (Wildman–Crippen MR) is 89.3 cm³/mol. The van der Waals surface area contributed by atoms with Gasteiger partial charge in [-0.2, -0.15) is 0 Å². The summed E-state index contributed by atoms with van der Waals surface area (Å²) >= 11 is 0. The molecule has 1 aliphatic carbocycles. The SMILES string of the molecule is O=C(NCc1ccc(C2CC2)cc1)N1CC[C@@H]([C@@H]2CCOC2)C1. The smallest absolute Gasteiger partial charge is 0.317 e. The first-order chi connectivity index (χ1) is 11.3. The van der Waals surface area contributed by atoms with E-state index in [1.54, 1.807) is 0 Å². The van der Waals surface area contributed by atoms with E-state index in [0.717, 1.165) is 45.1 Å². The summed E-state index contributed by atoms with van der Waals surface area (Å²) in [5, 5.41) is 3.07. The highest BCUT2D eigenvalue weighted by atomic mass is 16.5. The van der Waals surface area contributed by atoms with Crippen molar-refractivity contribution in [1.29, 1.82) is 0 Å². The Kier molecular flexibility index (Phi) is 4.25. The number of urea groups is 1. The minimum absolute atomic E-state index is 0.0812. The zero-order valence-electron chi connectivity index (χ0n) is 13.7. The van der Waals surface area contributed by atoms with Gasteiger partial charge in [-0.15, -0.1) is 0 Å². The summed E-state index contributed by atoms with van der Waals surface area (Å²) in [6.07, 6.45) is 4.95. The first kappa shape index (κ1) is 15.0. The molecule has 124 valence electrons. The van der Waals surface area contributed by atoms with Gasteiger partial charge in [-0.05, 0) is 54.6 Å². The van der Waals surface area contributed by atoms with Crippen molar-refractivity contribution in [1.82, 2.24) is 10.2 Å². The molecule has 3 aliphatic rings. The van der Waals surface area contributed by atoms with Crippen molar-refractivity contribution in [3.8, 4) is 0 Å². The molecule has 1 saturated carbocycles. The van der Waals surface area contributed by atoms with Gasteiger partial charge in [0.25, 0.3) is 0 Å². The van der Waals surface area contributed by atoms with Crippen molar-refractivity contribution >= 4 is 6.03 Å². The van der Waals surface area contributed by atoms with Crippen LogP contribution >= 0.6 is 0 Å². The minimum atomic E-state index is 0.0812. The summed E-state index contributed by atoms with van der Waals surface area (Å²) in [5.41, 5.74) is 2.63. The van der Waals surface area contributed by atoms with Crippen LogP contribution in [0.1, 0.15) is 42.7 Å². The second-order valence-corrected chi connectivity index (χ2v) is 7.29. The van der Waals surface area contributed by atoms with Crippen molar-refractivity contribution in [3.05, 3.63) is 35.4 Å². The van der Waals surface area contributed by atoms with Gasteiger partial charge in [-0.25, -0.2) is 4.79 Å². The summed E-state index contributed by atoms with van der Waals surface area (Å²) in [6.45, 7) is 4.17. The molecule has 0 spiro atoms. The van der Waals surface area contributed by atoms with Gasteiger partial charge in [0.15, 0.2) is 0 Å². The fourth-order valence-electron chi connectivity index (χ4n) is 3.89. The molecule has 2 atom stereocenters. The lowest BCUT2D eigenvalue weighted by Gasteiger charge is -2.19. The van der Waals surface area contributed by atoms with E-state index in [0.29, 0.717) is 18.4 Å². The number of carbonyl (C=O) groups excluding carboxylic acids is 1. The molecular weight excluding hydrogens is 288 g/mol. The van der Waals surface area contributed by atoms with Gasteiger partial charge in [0.2, 0.25) is 0 Å². The summed E-state index contributed by atoms with van der Waals surface area (Å²) in [4.78, 5) is 14.3. The number of amides is 2. The zero-order chi connectivity index (χ0) is 15.6. The Hall–Kier alpha value is -1.55. The second-order valence-electron chi connectivity index (χ2n) is 7.29. The Morgan fingerprint density at radius 3 is 2.65 bits per heavy atom. The van der Waals surface area contributed by atoms with Crippen LogP contribution in [0.5, 0.6) is 0 Å². The van der Waals surface area contributed by atoms with Crippen molar-refractivity contribution in [2.24, 2.45) is 11.8 Å². The Morgan fingerprint density at radius 1 is 1.13 bits per heavy atom. The molecule has 2 heterocycles. The fraction of sp³-hybridized carbons (Fsp3) is 0.632. The standard InChI is InChI=1S/C19H26N2O2/c22-19(21-9-7-17(12-21)18-8-10-23-13-18)20-11-14-1-3-15(4-2-14)16-5-6-16/h1-4,16-18H,5-13H2,(H,20,22)/t17-,18-/m1/s1. The van der Waals surface area contributed by atoms with Gasteiger partial charge in [0.1, 0.15) is 0 Å². The van der Waals surface area contributed by atoms with Crippen LogP contribution in [0.4, 0.5) is 4.79 Å². The number of nitrogens with one attached hydrogen (secondary N) is 1. The van der Waals surface area contributed by atoms with Crippen LogP contribution in [-0.4, -0.2) is 37.2 Å². The van der Waals surface area contributed by atoms with E-state index in [2.05, 4.69) is 29.6 Å². The van der Waals surface area contributed by atoms with E-state index in [1.807, 2.05) is 4.90 Å². The molecule has 2 amide bonds. The van der Waals surface area contributed by atoms with E-state index < -0.39 is 0 Å². The Balaban J connectivity index is 1.25. The van der Waals surface area contributed by atoms with E-state index in [4.69, 9.17) is 4.74 Å². The largest absolute Gasteiger partial charge is 0.381 e. The van der Waals surface area contributed by atoms with Crippen LogP contribution in [0.15, 0.2) is 24.3 Å². The lowest BCUT2D eigenvalue weighted by Crippen LogP contribution is -2.38. The number of benzene rings is 1. The molecule has 23 heavy (non-hydrogen) atoms. The molecule has 4 rings (SSSR count). The number of rotatable bonds is 4. The van der Waals surface area contributed by atoms with Crippen molar-refractivity contribution < 1.29 is 9.53 Å². The molecule has 1 aromatic carbocycles. The van der Waals surface area contributed by atoms with Crippen LogP contribution < -0.4 is 5.32 Å². The highest BCUT2D eigenvalue weighted by Crippen LogP contribution is 2.39. The molecular formula is C19H26N2O2. The van der Waals surface area contributed by atoms with Crippen molar-refractivity contribution in [2.75, 3.05) is 26.3 Å². The van der Waals surface area contributed by atoms with Crippen molar-refractivity contribution in [2.45, 2.75) is 38.1 Å². The fourth-order valence-corrected chi connectivity index (χ4v) is 3.89. The Labute approximate surface area is 138 Å². The third-order valence-corrected chi connectivity index (χ3v) is 5.62. The topological polar surface area (TPSA) is 41.6 Å². The molecule has 3 fully saturated rings. The quantitative estimate of drug-likeness (QED) is 0.927. The molecule has 0 unspecified atom stereocenters. The number of likely N-dealkylation sites (tertiary alicyclic amines) is 1. The van der Waals surface area contributed by atoms with Gasteiger partial charge < -0.3 is 15.0 Å². The monoisotopic (exact) mass is 314 g/mol. The number of nitrogens with zero attached hydrogens (tertiary/aromatic N) is 1. The van der Waals surface area contributed by atoms with E-state index >= 15 is 0 Å². The summed E-state index contributed by atoms with van der Waals surface area (Å²) < 4.78 is 5.48. The van der Waals surface area contributed by atoms with Crippen LogP contribution in [0, 0.1) is 11.8 Å². The summed E-state index contributed by atoms with van der Waals surface area (Å²) in [7, 11) is 0.